The van der Waals surface area contributed by atoms with Crippen LogP contribution in [0.3, 0.4) is 0 Å². The molecule has 2 aliphatic rings. The van der Waals surface area contributed by atoms with E-state index in [1.807, 2.05) is 6.08 Å². The average Bonchev–Trinajstić information content (AvgIpc) is 3.35. The fourth-order valence-electron chi connectivity index (χ4n) is 4.35. The molecule has 0 radical (unpaired) electrons. The molecule has 0 aromatic heterocycles. The third kappa shape index (κ3) is 9.18. The van der Waals surface area contributed by atoms with E-state index in [1.165, 1.54) is 19.3 Å². The van der Waals surface area contributed by atoms with Gasteiger partial charge in [0.05, 0.1) is 25.4 Å². The van der Waals surface area contributed by atoms with E-state index in [1.54, 1.807) is 0 Å². The quantitative estimate of drug-likeness (QED) is 0.171. The van der Waals surface area contributed by atoms with Crippen LogP contribution in [-0.2, 0) is 19.0 Å². The minimum atomic E-state index is -0.101. The van der Waals surface area contributed by atoms with Gasteiger partial charge in [0, 0.05) is 12.3 Å². The number of carbonyl (C=O) groups is 1. The highest BCUT2D eigenvalue weighted by Crippen LogP contribution is 2.45. The first-order valence-corrected chi connectivity index (χ1v) is 12.1. The minimum Gasteiger partial charge on any atom is -0.461 e. The summed E-state index contributed by atoms with van der Waals surface area (Å²) in [4.78, 5) is 11.7. The molecule has 0 spiro atoms. The van der Waals surface area contributed by atoms with Crippen molar-refractivity contribution in [3.63, 3.8) is 0 Å². The lowest BCUT2D eigenvalue weighted by atomic mass is 9.78. The fourth-order valence-corrected chi connectivity index (χ4v) is 4.35. The van der Waals surface area contributed by atoms with Gasteiger partial charge in [-0.2, -0.15) is 0 Å². The van der Waals surface area contributed by atoms with Gasteiger partial charge in [-0.05, 0) is 50.9 Å². The van der Waals surface area contributed by atoms with E-state index in [0.717, 1.165) is 45.1 Å². The van der Waals surface area contributed by atoms with Crippen LogP contribution in [0.4, 0.5) is 0 Å². The van der Waals surface area contributed by atoms with E-state index in [2.05, 4.69) is 44.2 Å². The maximum absolute atomic E-state index is 11.7. The van der Waals surface area contributed by atoms with E-state index in [9.17, 15) is 4.79 Å². The zero-order valence-corrected chi connectivity index (χ0v) is 19.1. The molecular formula is C26H42O4. The Balaban J connectivity index is 1.59. The van der Waals surface area contributed by atoms with Crippen LogP contribution < -0.4 is 0 Å². The molecule has 2 heterocycles. The summed E-state index contributed by atoms with van der Waals surface area (Å²) in [5, 5.41) is 0. The van der Waals surface area contributed by atoms with Crippen LogP contribution in [0, 0.1) is 11.8 Å². The van der Waals surface area contributed by atoms with Crippen molar-refractivity contribution in [2.45, 2.75) is 90.3 Å². The van der Waals surface area contributed by atoms with Gasteiger partial charge in [0.2, 0.25) is 0 Å². The maximum Gasteiger partial charge on any atom is 0.306 e. The highest BCUT2D eigenvalue weighted by Gasteiger charge is 2.48. The first-order valence-electron chi connectivity index (χ1n) is 12.1. The highest BCUT2D eigenvalue weighted by molar-refractivity contribution is 5.69. The molecule has 0 aliphatic carbocycles. The first-order chi connectivity index (χ1) is 14.8. The van der Waals surface area contributed by atoms with E-state index in [4.69, 9.17) is 14.2 Å². The lowest BCUT2D eigenvalue weighted by Crippen LogP contribution is -2.30. The minimum absolute atomic E-state index is 0.101. The molecule has 0 N–H and O–H groups in total. The Bertz CT molecular complexity index is 551. The molecule has 0 amide bonds. The van der Waals surface area contributed by atoms with E-state index in [-0.39, 0.29) is 5.97 Å². The second-order valence-corrected chi connectivity index (χ2v) is 8.46. The largest absolute Gasteiger partial charge is 0.461 e. The maximum atomic E-state index is 11.7. The Hall–Kier alpha value is -1.39. The molecule has 4 heteroatoms. The summed E-state index contributed by atoms with van der Waals surface area (Å²) in [5.74, 6) is 0.986. The molecule has 0 saturated carbocycles. The van der Waals surface area contributed by atoms with E-state index < -0.39 is 0 Å². The van der Waals surface area contributed by atoms with Gasteiger partial charge in [-0.15, -0.1) is 0 Å². The molecule has 2 fully saturated rings. The molecule has 30 heavy (non-hydrogen) atoms. The standard InChI is InChI=1S/C26H42O4/c1-3-5-7-13-19-28-21-23-22(24-17-18-25(23)30-24)15-11-9-10-12-16-26(27)29-20-14-8-6-4-2/h7-9,11,13-14,22-25H,3-6,10,12,15-21H2,1-2H3/t22-,23+,24-,25+/m0/s1. The number of fused-ring (bicyclic) bond motifs is 2. The molecule has 2 aliphatic heterocycles. The smallest absolute Gasteiger partial charge is 0.306 e. The van der Waals surface area contributed by atoms with Crippen molar-refractivity contribution in [1.29, 1.82) is 0 Å². The highest BCUT2D eigenvalue weighted by atomic mass is 16.5. The molecule has 0 aromatic rings. The Labute approximate surface area is 183 Å². The zero-order chi connectivity index (χ0) is 21.4. The van der Waals surface area contributed by atoms with Crippen LogP contribution in [0.25, 0.3) is 0 Å². The number of hydrogen-bond donors (Lipinski definition) is 0. The van der Waals surface area contributed by atoms with Gasteiger partial charge in [-0.3, -0.25) is 4.79 Å². The summed E-state index contributed by atoms with van der Waals surface area (Å²) in [5.41, 5.74) is 0. The van der Waals surface area contributed by atoms with Crippen molar-refractivity contribution in [2.24, 2.45) is 11.8 Å². The molecule has 2 rings (SSSR count). The number of esters is 1. The lowest BCUT2D eigenvalue weighted by molar-refractivity contribution is -0.142. The van der Waals surface area contributed by atoms with Gasteiger partial charge in [0.25, 0.3) is 0 Å². The summed E-state index contributed by atoms with van der Waals surface area (Å²) in [6.45, 7) is 6.23. The number of allylic oxidation sites excluding steroid dienone is 4. The van der Waals surface area contributed by atoms with Crippen LogP contribution in [0.5, 0.6) is 0 Å². The first kappa shape index (κ1) is 24.9. The number of rotatable bonds is 16. The van der Waals surface area contributed by atoms with Gasteiger partial charge < -0.3 is 14.2 Å². The summed E-state index contributed by atoms with van der Waals surface area (Å²) in [6.07, 6.45) is 23.8. The monoisotopic (exact) mass is 418 g/mol. The number of carbonyl (C=O) groups excluding carboxylic acids is 1. The van der Waals surface area contributed by atoms with E-state index in [0.29, 0.717) is 43.7 Å². The van der Waals surface area contributed by atoms with Crippen molar-refractivity contribution in [3.8, 4) is 0 Å². The zero-order valence-electron chi connectivity index (χ0n) is 19.1. The van der Waals surface area contributed by atoms with Gasteiger partial charge in [-0.25, -0.2) is 0 Å². The van der Waals surface area contributed by atoms with Gasteiger partial charge in [-0.1, -0.05) is 63.1 Å². The van der Waals surface area contributed by atoms with Crippen molar-refractivity contribution in [3.05, 3.63) is 36.5 Å². The summed E-state index contributed by atoms with van der Waals surface area (Å²) in [7, 11) is 0. The molecule has 0 unspecified atom stereocenters. The summed E-state index contributed by atoms with van der Waals surface area (Å²) < 4.78 is 17.3. The van der Waals surface area contributed by atoms with Crippen LogP contribution in [0.1, 0.15) is 78.1 Å². The second-order valence-electron chi connectivity index (χ2n) is 8.46. The lowest BCUT2D eigenvalue weighted by Gasteiger charge is -2.26. The van der Waals surface area contributed by atoms with Gasteiger partial charge in [0.15, 0.2) is 0 Å². The topological polar surface area (TPSA) is 44.8 Å². The van der Waals surface area contributed by atoms with Crippen molar-refractivity contribution < 1.29 is 19.0 Å². The summed E-state index contributed by atoms with van der Waals surface area (Å²) >= 11 is 0. The molecular weight excluding hydrogens is 376 g/mol. The third-order valence-corrected chi connectivity index (χ3v) is 6.03. The Morgan fingerprint density at radius 1 is 0.867 bits per heavy atom. The van der Waals surface area contributed by atoms with Gasteiger partial charge in [0.1, 0.15) is 6.61 Å². The third-order valence-electron chi connectivity index (χ3n) is 6.03. The van der Waals surface area contributed by atoms with Crippen LogP contribution in [0.2, 0.25) is 0 Å². The molecule has 2 bridgehead atoms. The normalized spacial score (nSPS) is 25.9. The number of unbranched alkanes of at least 4 members (excludes halogenated alkanes) is 3. The number of hydrogen-bond acceptors (Lipinski definition) is 4. The molecule has 0 aromatic carbocycles. The fraction of sp³-hybridized carbons (Fsp3) is 0.731. The number of ether oxygens (including phenoxy) is 3. The Morgan fingerprint density at radius 3 is 2.27 bits per heavy atom. The molecule has 4 atom stereocenters. The Morgan fingerprint density at radius 2 is 1.53 bits per heavy atom. The molecule has 4 nitrogen and oxygen atoms in total. The summed E-state index contributed by atoms with van der Waals surface area (Å²) in [6, 6.07) is 0. The van der Waals surface area contributed by atoms with E-state index >= 15 is 0 Å². The van der Waals surface area contributed by atoms with Gasteiger partial charge >= 0.3 is 5.97 Å². The van der Waals surface area contributed by atoms with Crippen LogP contribution in [0.15, 0.2) is 36.5 Å². The predicted molar refractivity (Wildman–Crippen MR) is 122 cm³/mol. The van der Waals surface area contributed by atoms with Crippen LogP contribution in [-0.4, -0.2) is 38.0 Å². The van der Waals surface area contributed by atoms with Crippen molar-refractivity contribution >= 4 is 5.97 Å². The van der Waals surface area contributed by atoms with Crippen molar-refractivity contribution in [1.82, 2.24) is 0 Å². The molecule has 2 saturated heterocycles. The second kappa shape index (κ2) is 15.4. The SMILES string of the molecule is CCCC=CCOC[C@@H]1[C@H](CC=CCCCC(=O)OCC=CCCC)[C@@H]2CC[C@H]1O2. The van der Waals surface area contributed by atoms with Crippen molar-refractivity contribution in [2.75, 3.05) is 19.8 Å². The average molecular weight is 419 g/mol. The molecule has 170 valence electrons. The van der Waals surface area contributed by atoms with Crippen LogP contribution >= 0.6 is 0 Å². The predicted octanol–water partition coefficient (Wildman–Crippen LogP) is 6.17. The Kier molecular flexibility index (Phi) is 12.8.